The second kappa shape index (κ2) is 7.34. The van der Waals surface area contributed by atoms with Gasteiger partial charge in [-0.05, 0) is 41.3 Å². The second-order valence-corrected chi connectivity index (χ2v) is 7.57. The zero-order chi connectivity index (χ0) is 17.9. The van der Waals surface area contributed by atoms with Gasteiger partial charge in [-0.1, -0.05) is 60.7 Å². The van der Waals surface area contributed by atoms with Crippen molar-refractivity contribution in [3.05, 3.63) is 101 Å². The summed E-state index contributed by atoms with van der Waals surface area (Å²) in [5, 5.41) is 3.02. The quantitative estimate of drug-likeness (QED) is 0.725. The maximum absolute atomic E-state index is 13.3. The first-order chi connectivity index (χ1) is 12.7. The van der Waals surface area contributed by atoms with Crippen molar-refractivity contribution in [1.29, 1.82) is 0 Å². The first kappa shape index (κ1) is 16.9. The van der Waals surface area contributed by atoms with E-state index in [0.717, 1.165) is 17.5 Å². The number of hydrogen-bond donors (Lipinski definition) is 1. The molecule has 3 aromatic rings. The summed E-state index contributed by atoms with van der Waals surface area (Å²) in [6.45, 7) is 0. The number of amides is 1. The standard InChI is InChI=1S/C22H18FNOS/c23-18-12-10-16(11-13-18)21(15-6-2-1-3-7-15)24-22(25)20-14-17-8-4-5-9-19(17)26-20/h1-13,20-21H,14H2,(H,24,25). The Morgan fingerprint density at radius 2 is 1.58 bits per heavy atom. The highest BCUT2D eigenvalue weighted by Gasteiger charge is 2.30. The molecule has 1 aliphatic heterocycles. The summed E-state index contributed by atoms with van der Waals surface area (Å²) < 4.78 is 13.3. The van der Waals surface area contributed by atoms with Gasteiger partial charge in [0.15, 0.2) is 0 Å². The maximum atomic E-state index is 13.3. The Hall–Kier alpha value is -2.59. The number of fused-ring (bicyclic) bond motifs is 1. The van der Waals surface area contributed by atoms with Gasteiger partial charge < -0.3 is 5.32 Å². The zero-order valence-corrected chi connectivity index (χ0v) is 14.9. The summed E-state index contributed by atoms with van der Waals surface area (Å²) in [7, 11) is 0. The molecule has 2 atom stereocenters. The van der Waals surface area contributed by atoms with Crippen LogP contribution in [0, 0.1) is 5.82 Å². The summed E-state index contributed by atoms with van der Waals surface area (Å²) in [5.74, 6) is -0.280. The molecule has 3 aromatic carbocycles. The van der Waals surface area contributed by atoms with Crippen molar-refractivity contribution in [3.63, 3.8) is 0 Å². The SMILES string of the molecule is O=C(NC(c1ccccc1)c1ccc(F)cc1)C1Cc2ccccc2S1. The number of halogens is 1. The van der Waals surface area contributed by atoms with E-state index < -0.39 is 0 Å². The summed E-state index contributed by atoms with van der Waals surface area (Å²) in [6.07, 6.45) is 0.734. The number of carbonyl (C=O) groups excluding carboxylic acids is 1. The molecular weight excluding hydrogens is 345 g/mol. The Bertz CT molecular complexity index is 886. The van der Waals surface area contributed by atoms with Crippen LogP contribution in [0.1, 0.15) is 22.7 Å². The fourth-order valence-electron chi connectivity index (χ4n) is 3.22. The van der Waals surface area contributed by atoms with Crippen molar-refractivity contribution in [3.8, 4) is 0 Å². The lowest BCUT2D eigenvalue weighted by atomic mass is 9.98. The van der Waals surface area contributed by atoms with E-state index in [2.05, 4.69) is 17.4 Å². The third-order valence-electron chi connectivity index (χ3n) is 4.56. The van der Waals surface area contributed by atoms with E-state index in [0.29, 0.717) is 0 Å². The molecule has 1 amide bonds. The smallest absolute Gasteiger partial charge is 0.234 e. The normalized spacial score (nSPS) is 16.7. The molecule has 0 aromatic heterocycles. The monoisotopic (exact) mass is 363 g/mol. The lowest BCUT2D eigenvalue weighted by Gasteiger charge is -2.21. The van der Waals surface area contributed by atoms with Crippen LogP contribution in [0.2, 0.25) is 0 Å². The average Bonchev–Trinajstić information content (AvgIpc) is 3.12. The Labute approximate surface area is 156 Å². The Kier molecular flexibility index (Phi) is 4.76. The Morgan fingerprint density at radius 3 is 2.31 bits per heavy atom. The number of thioether (sulfide) groups is 1. The molecule has 0 spiro atoms. The maximum Gasteiger partial charge on any atom is 0.234 e. The molecule has 0 saturated carbocycles. The summed E-state index contributed by atoms with van der Waals surface area (Å²) >= 11 is 1.61. The number of benzene rings is 3. The third kappa shape index (κ3) is 3.51. The van der Waals surface area contributed by atoms with Crippen LogP contribution < -0.4 is 5.32 Å². The molecule has 130 valence electrons. The fourth-order valence-corrected chi connectivity index (χ4v) is 4.43. The van der Waals surface area contributed by atoms with Gasteiger partial charge in [0, 0.05) is 4.90 Å². The van der Waals surface area contributed by atoms with Gasteiger partial charge in [0.25, 0.3) is 0 Å². The molecule has 0 saturated heterocycles. The van der Waals surface area contributed by atoms with E-state index in [-0.39, 0.29) is 23.0 Å². The van der Waals surface area contributed by atoms with Gasteiger partial charge >= 0.3 is 0 Å². The fraction of sp³-hybridized carbons (Fsp3) is 0.136. The number of rotatable bonds is 4. The number of nitrogens with one attached hydrogen (secondary N) is 1. The predicted octanol–water partition coefficient (Wildman–Crippen LogP) is 4.75. The number of carbonyl (C=O) groups is 1. The highest BCUT2D eigenvalue weighted by atomic mass is 32.2. The van der Waals surface area contributed by atoms with E-state index in [4.69, 9.17) is 0 Å². The van der Waals surface area contributed by atoms with Crippen molar-refractivity contribution in [1.82, 2.24) is 5.32 Å². The minimum Gasteiger partial charge on any atom is -0.344 e. The average molecular weight is 363 g/mol. The molecule has 0 aliphatic carbocycles. The highest BCUT2D eigenvalue weighted by Crippen LogP contribution is 2.37. The molecule has 4 rings (SSSR count). The van der Waals surface area contributed by atoms with Crippen molar-refractivity contribution < 1.29 is 9.18 Å². The highest BCUT2D eigenvalue weighted by molar-refractivity contribution is 8.01. The molecule has 0 radical (unpaired) electrons. The Balaban J connectivity index is 1.57. The lowest BCUT2D eigenvalue weighted by molar-refractivity contribution is -0.121. The number of hydrogen-bond acceptors (Lipinski definition) is 2. The molecule has 1 aliphatic rings. The van der Waals surface area contributed by atoms with Crippen LogP contribution in [-0.4, -0.2) is 11.2 Å². The van der Waals surface area contributed by atoms with E-state index in [1.165, 1.54) is 22.6 Å². The third-order valence-corrected chi connectivity index (χ3v) is 5.88. The van der Waals surface area contributed by atoms with E-state index in [1.807, 2.05) is 42.5 Å². The van der Waals surface area contributed by atoms with E-state index in [1.54, 1.807) is 23.9 Å². The minimum absolute atomic E-state index is 0.00405. The summed E-state index contributed by atoms with van der Waals surface area (Å²) in [4.78, 5) is 14.1. The molecule has 26 heavy (non-hydrogen) atoms. The predicted molar refractivity (Wildman–Crippen MR) is 103 cm³/mol. The molecule has 2 nitrogen and oxygen atoms in total. The first-order valence-corrected chi connectivity index (χ1v) is 9.44. The summed E-state index contributed by atoms with van der Waals surface area (Å²) in [6, 6.07) is 23.9. The van der Waals surface area contributed by atoms with Gasteiger partial charge in [0.05, 0.1) is 11.3 Å². The first-order valence-electron chi connectivity index (χ1n) is 8.56. The molecule has 2 unspecified atom stereocenters. The second-order valence-electron chi connectivity index (χ2n) is 6.32. The molecule has 0 fully saturated rings. The molecule has 0 bridgehead atoms. The van der Waals surface area contributed by atoms with Gasteiger partial charge in [0.1, 0.15) is 5.82 Å². The Morgan fingerprint density at radius 1 is 0.923 bits per heavy atom. The summed E-state index contributed by atoms with van der Waals surface area (Å²) in [5.41, 5.74) is 3.06. The van der Waals surface area contributed by atoms with Crippen molar-refractivity contribution in [2.75, 3.05) is 0 Å². The molecular formula is C22H18FNOS. The molecule has 1 heterocycles. The zero-order valence-electron chi connectivity index (χ0n) is 14.1. The van der Waals surface area contributed by atoms with Crippen LogP contribution in [0.4, 0.5) is 4.39 Å². The van der Waals surface area contributed by atoms with Gasteiger partial charge in [-0.3, -0.25) is 4.79 Å². The van der Waals surface area contributed by atoms with Crippen LogP contribution in [0.5, 0.6) is 0 Å². The van der Waals surface area contributed by atoms with Crippen LogP contribution in [0.15, 0.2) is 83.8 Å². The van der Waals surface area contributed by atoms with Gasteiger partial charge in [-0.2, -0.15) is 0 Å². The van der Waals surface area contributed by atoms with E-state index >= 15 is 0 Å². The van der Waals surface area contributed by atoms with E-state index in [9.17, 15) is 9.18 Å². The van der Waals surface area contributed by atoms with Crippen LogP contribution in [-0.2, 0) is 11.2 Å². The van der Waals surface area contributed by atoms with Gasteiger partial charge in [-0.15, -0.1) is 11.8 Å². The minimum atomic E-state index is -0.298. The topological polar surface area (TPSA) is 29.1 Å². The van der Waals surface area contributed by atoms with Crippen LogP contribution in [0.25, 0.3) is 0 Å². The van der Waals surface area contributed by atoms with Gasteiger partial charge in [0.2, 0.25) is 5.91 Å². The molecule has 1 N–H and O–H groups in total. The molecule has 4 heteroatoms. The van der Waals surface area contributed by atoms with Crippen molar-refractivity contribution in [2.24, 2.45) is 0 Å². The van der Waals surface area contributed by atoms with Crippen LogP contribution in [0.3, 0.4) is 0 Å². The largest absolute Gasteiger partial charge is 0.344 e. The van der Waals surface area contributed by atoms with Crippen molar-refractivity contribution in [2.45, 2.75) is 22.6 Å². The van der Waals surface area contributed by atoms with Crippen LogP contribution >= 0.6 is 11.8 Å². The van der Waals surface area contributed by atoms with Gasteiger partial charge in [-0.25, -0.2) is 4.39 Å². The van der Waals surface area contributed by atoms with Crippen molar-refractivity contribution >= 4 is 17.7 Å². The lowest BCUT2D eigenvalue weighted by Crippen LogP contribution is -2.36.